The van der Waals surface area contributed by atoms with Crippen molar-refractivity contribution >= 4 is 17.4 Å². The Kier molecular flexibility index (Phi) is 3.30. The van der Waals surface area contributed by atoms with E-state index in [4.69, 9.17) is 4.74 Å². The van der Waals surface area contributed by atoms with Crippen molar-refractivity contribution in [3.05, 3.63) is 24.0 Å². The van der Waals surface area contributed by atoms with Crippen molar-refractivity contribution < 1.29 is 9.53 Å². The Morgan fingerprint density at radius 3 is 3.10 bits per heavy atom. The van der Waals surface area contributed by atoms with Crippen molar-refractivity contribution in [3.63, 3.8) is 0 Å². The Morgan fingerprint density at radius 1 is 1.55 bits per heavy atom. The van der Waals surface area contributed by atoms with E-state index in [-0.39, 0.29) is 5.97 Å². The fourth-order valence-corrected chi connectivity index (χ4v) is 2.65. The predicted octanol–water partition coefficient (Wildman–Crippen LogP) is 1.89. The van der Waals surface area contributed by atoms with E-state index in [1.807, 2.05) is 12.3 Å². The number of carbonyl (C=O) groups excluding carboxylic acids is 1. The molecule has 0 N–H and O–H groups in total. The first-order valence-electron chi connectivity index (χ1n) is 6.99. The standard InChI is InChI=1S/C14H18N4O2/c1-3-20-14(19)11-9-15-18-8-6-12(16-13(11)18)17-7-4-5-10(17)2/h6,8-10H,3-5,7H2,1-2H3. The van der Waals surface area contributed by atoms with Gasteiger partial charge in [0, 0.05) is 18.8 Å². The fourth-order valence-electron chi connectivity index (χ4n) is 2.65. The molecule has 0 bridgehead atoms. The Bertz CT molecular complexity index is 637. The lowest BCUT2D eigenvalue weighted by Gasteiger charge is -2.22. The first-order chi connectivity index (χ1) is 9.70. The Balaban J connectivity index is 2.00. The van der Waals surface area contributed by atoms with Crippen molar-refractivity contribution in [2.75, 3.05) is 18.1 Å². The number of ether oxygens (including phenoxy) is 1. The molecule has 1 unspecified atom stereocenters. The van der Waals surface area contributed by atoms with Gasteiger partial charge in [-0.1, -0.05) is 0 Å². The highest BCUT2D eigenvalue weighted by molar-refractivity contribution is 5.95. The molecule has 2 aromatic heterocycles. The summed E-state index contributed by atoms with van der Waals surface area (Å²) >= 11 is 0. The van der Waals surface area contributed by atoms with E-state index < -0.39 is 0 Å². The zero-order valence-electron chi connectivity index (χ0n) is 11.7. The normalized spacial score (nSPS) is 18.7. The van der Waals surface area contributed by atoms with Crippen LogP contribution in [0.1, 0.15) is 37.0 Å². The van der Waals surface area contributed by atoms with Gasteiger partial charge in [-0.05, 0) is 32.8 Å². The van der Waals surface area contributed by atoms with Gasteiger partial charge in [-0.2, -0.15) is 5.10 Å². The second-order valence-electron chi connectivity index (χ2n) is 5.02. The summed E-state index contributed by atoms with van der Waals surface area (Å²) in [6.45, 7) is 5.34. The number of rotatable bonds is 3. The summed E-state index contributed by atoms with van der Waals surface area (Å²) < 4.78 is 6.64. The minimum absolute atomic E-state index is 0.346. The monoisotopic (exact) mass is 274 g/mol. The summed E-state index contributed by atoms with van der Waals surface area (Å²) in [7, 11) is 0. The van der Waals surface area contributed by atoms with E-state index in [1.165, 1.54) is 19.0 Å². The minimum atomic E-state index is -0.373. The van der Waals surface area contributed by atoms with Crippen LogP contribution in [0.3, 0.4) is 0 Å². The molecule has 1 saturated heterocycles. The first kappa shape index (κ1) is 12.9. The van der Waals surface area contributed by atoms with Crippen molar-refractivity contribution in [3.8, 4) is 0 Å². The highest BCUT2D eigenvalue weighted by Crippen LogP contribution is 2.24. The van der Waals surface area contributed by atoms with Gasteiger partial charge in [-0.25, -0.2) is 14.3 Å². The number of fused-ring (bicyclic) bond motifs is 1. The van der Waals surface area contributed by atoms with Gasteiger partial charge in [0.25, 0.3) is 0 Å². The summed E-state index contributed by atoms with van der Waals surface area (Å²) in [4.78, 5) is 18.7. The molecular formula is C14H18N4O2. The predicted molar refractivity (Wildman–Crippen MR) is 75.0 cm³/mol. The van der Waals surface area contributed by atoms with E-state index in [0.717, 1.165) is 12.4 Å². The van der Waals surface area contributed by atoms with Gasteiger partial charge in [0.1, 0.15) is 11.4 Å². The molecule has 0 amide bonds. The fraction of sp³-hybridized carbons (Fsp3) is 0.500. The number of nitrogens with zero attached hydrogens (tertiary/aromatic N) is 4. The Labute approximate surface area is 117 Å². The van der Waals surface area contributed by atoms with Crippen molar-refractivity contribution in [1.29, 1.82) is 0 Å². The Hall–Kier alpha value is -2.11. The molecule has 1 atom stereocenters. The number of hydrogen-bond donors (Lipinski definition) is 0. The van der Waals surface area contributed by atoms with Crippen LogP contribution in [0.15, 0.2) is 18.5 Å². The molecule has 2 aromatic rings. The van der Waals surface area contributed by atoms with Crippen molar-refractivity contribution in [2.45, 2.75) is 32.7 Å². The zero-order chi connectivity index (χ0) is 14.1. The second-order valence-corrected chi connectivity index (χ2v) is 5.02. The van der Waals surface area contributed by atoms with Crippen LogP contribution in [0.5, 0.6) is 0 Å². The zero-order valence-corrected chi connectivity index (χ0v) is 11.7. The van der Waals surface area contributed by atoms with Gasteiger partial charge in [0.05, 0.1) is 12.8 Å². The molecular weight excluding hydrogens is 256 g/mol. The molecule has 0 saturated carbocycles. The maximum absolute atomic E-state index is 11.9. The molecule has 20 heavy (non-hydrogen) atoms. The minimum Gasteiger partial charge on any atom is -0.462 e. The van der Waals surface area contributed by atoms with Crippen LogP contribution in [0.2, 0.25) is 0 Å². The summed E-state index contributed by atoms with van der Waals surface area (Å²) in [5.41, 5.74) is 0.973. The van der Waals surface area contributed by atoms with E-state index in [2.05, 4.69) is 21.9 Å². The highest BCUT2D eigenvalue weighted by atomic mass is 16.5. The molecule has 6 nitrogen and oxygen atoms in total. The van der Waals surface area contributed by atoms with Crippen molar-refractivity contribution in [1.82, 2.24) is 14.6 Å². The van der Waals surface area contributed by atoms with Crippen LogP contribution in [-0.4, -0.2) is 39.8 Å². The maximum atomic E-state index is 11.9. The van der Waals surface area contributed by atoms with Crippen molar-refractivity contribution in [2.24, 2.45) is 0 Å². The van der Waals surface area contributed by atoms with Crippen LogP contribution in [-0.2, 0) is 4.74 Å². The first-order valence-corrected chi connectivity index (χ1v) is 6.99. The third-order valence-corrected chi connectivity index (χ3v) is 3.70. The summed E-state index contributed by atoms with van der Waals surface area (Å²) in [6.07, 6.45) is 5.71. The number of carbonyl (C=O) groups is 1. The van der Waals surface area contributed by atoms with Crippen LogP contribution < -0.4 is 4.90 Å². The average molecular weight is 274 g/mol. The molecule has 3 heterocycles. The molecule has 0 aromatic carbocycles. The van der Waals surface area contributed by atoms with Gasteiger partial charge in [0.2, 0.25) is 0 Å². The lowest BCUT2D eigenvalue weighted by atomic mass is 10.2. The highest BCUT2D eigenvalue weighted by Gasteiger charge is 2.23. The number of hydrogen-bond acceptors (Lipinski definition) is 5. The van der Waals surface area contributed by atoms with Gasteiger partial charge >= 0.3 is 5.97 Å². The lowest BCUT2D eigenvalue weighted by molar-refractivity contribution is 0.0528. The van der Waals surface area contributed by atoms with Crippen LogP contribution in [0, 0.1) is 0 Å². The third-order valence-electron chi connectivity index (χ3n) is 3.70. The molecule has 1 aliphatic heterocycles. The molecule has 0 spiro atoms. The Morgan fingerprint density at radius 2 is 2.40 bits per heavy atom. The molecule has 1 fully saturated rings. The number of esters is 1. The van der Waals surface area contributed by atoms with Crippen LogP contribution in [0.25, 0.3) is 5.65 Å². The number of aromatic nitrogens is 3. The van der Waals surface area contributed by atoms with E-state index in [9.17, 15) is 4.79 Å². The second kappa shape index (κ2) is 5.11. The van der Waals surface area contributed by atoms with Gasteiger partial charge in [0.15, 0.2) is 5.65 Å². The molecule has 3 rings (SSSR count). The molecule has 0 radical (unpaired) electrons. The maximum Gasteiger partial charge on any atom is 0.343 e. The van der Waals surface area contributed by atoms with E-state index in [0.29, 0.717) is 23.9 Å². The molecule has 0 aliphatic carbocycles. The largest absolute Gasteiger partial charge is 0.462 e. The van der Waals surface area contributed by atoms with Crippen LogP contribution in [0.4, 0.5) is 5.82 Å². The van der Waals surface area contributed by atoms with Gasteiger partial charge in [-0.3, -0.25) is 0 Å². The van der Waals surface area contributed by atoms with Crippen LogP contribution >= 0.6 is 0 Å². The third kappa shape index (κ3) is 2.11. The quantitative estimate of drug-likeness (QED) is 0.800. The molecule has 1 aliphatic rings. The average Bonchev–Trinajstić information content (AvgIpc) is 3.04. The topological polar surface area (TPSA) is 59.7 Å². The smallest absolute Gasteiger partial charge is 0.343 e. The van der Waals surface area contributed by atoms with E-state index >= 15 is 0 Å². The van der Waals surface area contributed by atoms with Gasteiger partial charge < -0.3 is 9.64 Å². The molecule has 6 heteroatoms. The van der Waals surface area contributed by atoms with Gasteiger partial charge in [-0.15, -0.1) is 0 Å². The lowest BCUT2D eigenvalue weighted by Crippen LogP contribution is -2.27. The molecule has 106 valence electrons. The van der Waals surface area contributed by atoms with E-state index in [1.54, 1.807) is 11.4 Å². The summed E-state index contributed by atoms with van der Waals surface area (Å²) in [5, 5.41) is 4.14. The summed E-state index contributed by atoms with van der Waals surface area (Å²) in [5.74, 6) is 0.523. The number of anilines is 1. The SMILES string of the molecule is CCOC(=O)c1cnn2ccc(N3CCCC3C)nc12. The summed E-state index contributed by atoms with van der Waals surface area (Å²) in [6, 6.07) is 2.43.